The lowest BCUT2D eigenvalue weighted by molar-refractivity contribution is -0.128. The summed E-state index contributed by atoms with van der Waals surface area (Å²) in [5, 5.41) is 6.32. The van der Waals surface area contributed by atoms with Crippen LogP contribution in [-0.4, -0.2) is 57.1 Å². The summed E-state index contributed by atoms with van der Waals surface area (Å²) in [7, 11) is 5.20. The van der Waals surface area contributed by atoms with Gasteiger partial charge in [-0.15, -0.1) is 24.0 Å². The Morgan fingerprint density at radius 2 is 2.04 bits per heavy atom. The second-order valence-corrected chi connectivity index (χ2v) is 5.66. The molecule has 0 saturated carbocycles. The van der Waals surface area contributed by atoms with Crippen LogP contribution in [0.25, 0.3) is 0 Å². The van der Waals surface area contributed by atoms with Gasteiger partial charge in [0.15, 0.2) is 5.96 Å². The van der Waals surface area contributed by atoms with Crippen molar-refractivity contribution in [2.24, 2.45) is 4.99 Å². The summed E-state index contributed by atoms with van der Waals surface area (Å²) >= 11 is 0. The average Bonchev–Trinajstić information content (AvgIpc) is 2.50. The highest BCUT2D eigenvalue weighted by Crippen LogP contribution is 2.13. The van der Waals surface area contributed by atoms with Crippen molar-refractivity contribution in [3.05, 3.63) is 29.8 Å². The number of aryl methyl sites for hydroxylation is 1. The van der Waals surface area contributed by atoms with E-state index in [1.165, 1.54) is 5.56 Å². The van der Waals surface area contributed by atoms with E-state index in [2.05, 4.69) is 15.6 Å². The fraction of sp³-hybridized carbons (Fsp3) is 0.529. The maximum atomic E-state index is 11.5. The van der Waals surface area contributed by atoms with E-state index in [1.807, 2.05) is 38.1 Å². The third kappa shape index (κ3) is 8.95. The fourth-order valence-electron chi connectivity index (χ4n) is 1.94. The van der Waals surface area contributed by atoms with E-state index in [9.17, 15) is 4.79 Å². The summed E-state index contributed by atoms with van der Waals surface area (Å²) in [5.41, 5.74) is 1.17. The van der Waals surface area contributed by atoms with Gasteiger partial charge < -0.3 is 20.3 Å². The molecule has 1 unspecified atom stereocenters. The number of hydrogen-bond donors (Lipinski definition) is 2. The van der Waals surface area contributed by atoms with Crippen LogP contribution in [0.15, 0.2) is 29.3 Å². The molecule has 0 aliphatic carbocycles. The van der Waals surface area contributed by atoms with E-state index in [0.29, 0.717) is 25.5 Å². The van der Waals surface area contributed by atoms with Gasteiger partial charge in [0.2, 0.25) is 5.91 Å². The molecule has 0 spiro atoms. The number of nitrogens with zero attached hydrogens (tertiary/aromatic N) is 2. The Labute approximate surface area is 162 Å². The molecule has 0 heterocycles. The number of hydrogen-bond acceptors (Lipinski definition) is 3. The molecule has 24 heavy (non-hydrogen) atoms. The number of ether oxygens (including phenoxy) is 1. The number of nitrogens with one attached hydrogen (secondary N) is 2. The van der Waals surface area contributed by atoms with Crippen molar-refractivity contribution in [3.8, 4) is 5.75 Å². The third-order valence-corrected chi connectivity index (χ3v) is 3.24. The first-order valence-corrected chi connectivity index (χ1v) is 7.80. The van der Waals surface area contributed by atoms with E-state index < -0.39 is 0 Å². The van der Waals surface area contributed by atoms with Crippen LogP contribution in [0.5, 0.6) is 5.75 Å². The number of rotatable bonds is 7. The maximum absolute atomic E-state index is 11.5. The molecule has 1 aromatic rings. The second kappa shape index (κ2) is 11.9. The summed E-state index contributed by atoms with van der Waals surface area (Å²) in [4.78, 5) is 17.2. The molecule has 0 saturated heterocycles. The zero-order valence-corrected chi connectivity index (χ0v) is 17.5. The molecule has 6 nitrogen and oxygen atoms in total. The van der Waals surface area contributed by atoms with Gasteiger partial charge in [-0.2, -0.15) is 0 Å². The van der Waals surface area contributed by atoms with Crippen LogP contribution in [0.4, 0.5) is 0 Å². The Morgan fingerprint density at radius 3 is 2.62 bits per heavy atom. The van der Waals surface area contributed by atoms with Crippen molar-refractivity contribution < 1.29 is 9.53 Å². The van der Waals surface area contributed by atoms with Gasteiger partial charge in [0.05, 0.1) is 6.54 Å². The molecular formula is C17H29IN4O2. The number of aliphatic imine (C=N–C) groups is 1. The van der Waals surface area contributed by atoms with Gasteiger partial charge in [0.25, 0.3) is 0 Å². The largest absolute Gasteiger partial charge is 0.489 e. The first-order valence-electron chi connectivity index (χ1n) is 7.80. The van der Waals surface area contributed by atoms with E-state index in [-0.39, 0.29) is 36.0 Å². The average molecular weight is 448 g/mol. The normalized spacial score (nSPS) is 12.0. The number of halogens is 1. The Hall–Kier alpha value is -1.51. The molecule has 1 rings (SSSR count). The standard InChI is InChI=1S/C17H28N4O2.HI/c1-13-7-6-8-15(11-13)23-14(2)12-20-17(18-3)19-10-9-16(22)21(4)5;/h6-8,11,14H,9-10,12H2,1-5H3,(H2,18,19,20);1H. The van der Waals surface area contributed by atoms with Crippen LogP contribution >= 0.6 is 24.0 Å². The van der Waals surface area contributed by atoms with Crippen molar-refractivity contribution in [3.63, 3.8) is 0 Å². The van der Waals surface area contributed by atoms with Crippen LogP contribution in [0.3, 0.4) is 0 Å². The predicted molar refractivity (Wildman–Crippen MR) is 109 cm³/mol. The first kappa shape index (κ1) is 22.5. The summed E-state index contributed by atoms with van der Waals surface area (Å²) in [6.45, 7) is 5.20. The summed E-state index contributed by atoms with van der Waals surface area (Å²) in [5.74, 6) is 1.61. The zero-order valence-electron chi connectivity index (χ0n) is 15.1. The molecule has 1 atom stereocenters. The van der Waals surface area contributed by atoms with Crippen molar-refractivity contribution in [2.75, 3.05) is 34.2 Å². The van der Waals surface area contributed by atoms with Crippen molar-refractivity contribution in [1.29, 1.82) is 0 Å². The van der Waals surface area contributed by atoms with Crippen LogP contribution in [0.1, 0.15) is 18.9 Å². The zero-order chi connectivity index (χ0) is 17.2. The van der Waals surface area contributed by atoms with Crippen LogP contribution in [0.2, 0.25) is 0 Å². The molecule has 7 heteroatoms. The Morgan fingerprint density at radius 1 is 1.33 bits per heavy atom. The Bertz CT molecular complexity index is 535. The van der Waals surface area contributed by atoms with Crippen LogP contribution < -0.4 is 15.4 Å². The van der Waals surface area contributed by atoms with Gasteiger partial charge in [-0.25, -0.2) is 0 Å². The molecular weight excluding hydrogens is 419 g/mol. The minimum Gasteiger partial charge on any atom is -0.489 e. The van der Waals surface area contributed by atoms with Gasteiger partial charge in [0.1, 0.15) is 11.9 Å². The molecule has 1 aromatic carbocycles. The molecule has 136 valence electrons. The van der Waals surface area contributed by atoms with Crippen molar-refractivity contribution >= 4 is 35.8 Å². The molecule has 1 amide bonds. The van der Waals surface area contributed by atoms with Crippen LogP contribution in [0, 0.1) is 6.92 Å². The number of benzene rings is 1. The van der Waals surface area contributed by atoms with Gasteiger partial charge in [0, 0.05) is 34.1 Å². The molecule has 0 aromatic heterocycles. The highest BCUT2D eigenvalue weighted by atomic mass is 127. The summed E-state index contributed by atoms with van der Waals surface area (Å²) < 4.78 is 5.86. The number of amides is 1. The lowest BCUT2D eigenvalue weighted by Crippen LogP contribution is -2.42. The van der Waals surface area contributed by atoms with E-state index in [0.717, 1.165) is 5.75 Å². The van der Waals surface area contributed by atoms with E-state index >= 15 is 0 Å². The number of carbonyl (C=O) groups excluding carboxylic acids is 1. The van der Waals surface area contributed by atoms with Crippen LogP contribution in [-0.2, 0) is 4.79 Å². The van der Waals surface area contributed by atoms with Gasteiger partial charge in [-0.3, -0.25) is 9.79 Å². The van der Waals surface area contributed by atoms with Gasteiger partial charge >= 0.3 is 0 Å². The van der Waals surface area contributed by atoms with Crippen molar-refractivity contribution in [1.82, 2.24) is 15.5 Å². The SMILES string of the molecule is CN=C(NCCC(=O)N(C)C)NCC(C)Oc1cccc(C)c1.I. The van der Waals surface area contributed by atoms with Crippen molar-refractivity contribution in [2.45, 2.75) is 26.4 Å². The quantitative estimate of drug-likeness (QED) is 0.381. The highest BCUT2D eigenvalue weighted by molar-refractivity contribution is 14.0. The smallest absolute Gasteiger partial charge is 0.223 e. The highest BCUT2D eigenvalue weighted by Gasteiger charge is 2.07. The Balaban J connectivity index is 0.00000529. The molecule has 0 aliphatic rings. The lowest BCUT2D eigenvalue weighted by Gasteiger charge is -2.18. The minimum atomic E-state index is -0.00115. The predicted octanol–water partition coefficient (Wildman–Crippen LogP) is 2.02. The molecule has 0 aliphatic heterocycles. The molecule has 0 bridgehead atoms. The molecule has 2 N–H and O–H groups in total. The Kier molecular flexibility index (Phi) is 11.2. The van der Waals surface area contributed by atoms with E-state index in [1.54, 1.807) is 26.0 Å². The van der Waals surface area contributed by atoms with E-state index in [4.69, 9.17) is 4.74 Å². The number of guanidine groups is 1. The molecule has 0 fully saturated rings. The second-order valence-electron chi connectivity index (χ2n) is 5.66. The minimum absolute atomic E-state index is 0. The third-order valence-electron chi connectivity index (χ3n) is 3.24. The summed E-state index contributed by atoms with van der Waals surface area (Å²) in [6.07, 6.45) is 0.432. The lowest BCUT2D eigenvalue weighted by atomic mass is 10.2. The molecule has 0 radical (unpaired) electrons. The fourth-order valence-corrected chi connectivity index (χ4v) is 1.94. The maximum Gasteiger partial charge on any atom is 0.223 e. The monoisotopic (exact) mass is 448 g/mol. The topological polar surface area (TPSA) is 66.0 Å². The number of carbonyl (C=O) groups is 1. The summed E-state index contributed by atoms with van der Waals surface area (Å²) in [6, 6.07) is 7.98. The van der Waals surface area contributed by atoms with Gasteiger partial charge in [-0.05, 0) is 31.5 Å². The first-order chi connectivity index (χ1) is 10.9. The van der Waals surface area contributed by atoms with Gasteiger partial charge in [-0.1, -0.05) is 12.1 Å².